The van der Waals surface area contributed by atoms with Crippen LogP contribution in [-0.2, 0) is 0 Å². The third-order valence-corrected chi connectivity index (χ3v) is 10.8. The molecule has 0 aliphatic carbocycles. The van der Waals surface area contributed by atoms with Crippen LogP contribution in [0.5, 0.6) is 0 Å². The molecule has 48 heavy (non-hydrogen) atoms. The topological polar surface area (TPSA) is 72.7 Å². The van der Waals surface area contributed by atoms with Crippen molar-refractivity contribution in [2.75, 3.05) is 13.2 Å². The molecule has 0 saturated heterocycles. The molecule has 4 nitrogen and oxygen atoms in total. The molecule has 3 atom stereocenters. The largest absolute Gasteiger partial charge is 0.395 e. The highest BCUT2D eigenvalue weighted by atomic mass is 16.3. The number of aliphatic hydroxyl groups is 3. The fourth-order valence-electron chi connectivity index (χ4n) is 7.30. The van der Waals surface area contributed by atoms with Crippen LogP contribution in [0.1, 0.15) is 251 Å². The van der Waals surface area contributed by atoms with Crippen LogP contribution in [0.2, 0.25) is 0 Å². The predicted octanol–water partition coefficient (Wildman–Crippen LogP) is 13.1. The van der Waals surface area contributed by atoms with Gasteiger partial charge in [-0.3, -0.25) is 0 Å². The molecule has 4 heteroatoms. The minimum atomic E-state index is -0.892. The van der Waals surface area contributed by atoms with Crippen molar-refractivity contribution < 1.29 is 15.3 Å². The van der Waals surface area contributed by atoms with Crippen molar-refractivity contribution in [3.63, 3.8) is 0 Å². The third kappa shape index (κ3) is 35.7. The van der Waals surface area contributed by atoms with Crippen molar-refractivity contribution in [3.8, 4) is 0 Å². The zero-order valence-corrected chi connectivity index (χ0v) is 33.2. The van der Waals surface area contributed by atoms with E-state index in [-0.39, 0.29) is 6.61 Å². The van der Waals surface area contributed by atoms with E-state index in [1.165, 1.54) is 212 Å². The summed E-state index contributed by atoms with van der Waals surface area (Å²) < 4.78 is 0. The van der Waals surface area contributed by atoms with Gasteiger partial charge in [-0.1, -0.05) is 239 Å². The van der Waals surface area contributed by atoms with Gasteiger partial charge in [0.15, 0.2) is 0 Å². The number of hydrogen-bond donors (Lipinski definition) is 4. The molecule has 290 valence electrons. The van der Waals surface area contributed by atoms with Crippen molar-refractivity contribution in [2.45, 2.75) is 270 Å². The lowest BCUT2D eigenvalue weighted by Crippen LogP contribution is -2.48. The summed E-state index contributed by atoms with van der Waals surface area (Å²) in [7, 11) is 0. The van der Waals surface area contributed by atoms with Crippen LogP contribution in [0.3, 0.4) is 0 Å². The molecular formula is C44H91NO3. The Balaban J connectivity index is 3.41. The minimum absolute atomic E-state index is 0.129. The van der Waals surface area contributed by atoms with Gasteiger partial charge in [-0.25, -0.2) is 0 Å². The number of hydrogen-bond acceptors (Lipinski definition) is 4. The third-order valence-electron chi connectivity index (χ3n) is 10.8. The van der Waals surface area contributed by atoms with E-state index in [9.17, 15) is 15.3 Å². The summed E-state index contributed by atoms with van der Waals surface area (Å²) in [6, 6.07) is -0.429. The number of aliphatic hydroxyl groups excluding tert-OH is 3. The molecule has 0 rings (SSSR count). The maximum absolute atomic E-state index is 10.6. The molecule has 0 amide bonds. The summed E-state index contributed by atoms with van der Waals surface area (Å²) in [6.45, 7) is 5.24. The first-order chi connectivity index (χ1) is 23.7. The second kappa shape index (κ2) is 41.3. The van der Waals surface area contributed by atoms with Gasteiger partial charge in [0.1, 0.15) is 0 Å². The fraction of sp³-hybridized carbons (Fsp3) is 1.00. The molecule has 0 fully saturated rings. The van der Waals surface area contributed by atoms with Crippen molar-refractivity contribution in [2.24, 2.45) is 0 Å². The SMILES string of the molecule is CCCCCCCCCCCCCCCCCCCCCCCCCCNC(CO)C(O)C(O)CCCCCCCCCCCCCC. The lowest BCUT2D eigenvalue weighted by atomic mass is 9.99. The Bertz CT molecular complexity index is 573. The van der Waals surface area contributed by atoms with E-state index in [0.29, 0.717) is 6.42 Å². The summed E-state index contributed by atoms with van der Waals surface area (Å²) >= 11 is 0. The Morgan fingerprint density at radius 1 is 0.354 bits per heavy atom. The van der Waals surface area contributed by atoms with Crippen molar-refractivity contribution in [3.05, 3.63) is 0 Å². The van der Waals surface area contributed by atoms with Crippen LogP contribution >= 0.6 is 0 Å². The maximum Gasteiger partial charge on any atom is 0.0973 e. The van der Waals surface area contributed by atoms with Crippen LogP contribution in [-0.4, -0.2) is 46.7 Å². The number of nitrogens with one attached hydrogen (secondary N) is 1. The molecule has 0 radical (unpaired) electrons. The Hall–Kier alpha value is -0.160. The molecule has 0 aliphatic heterocycles. The molecule has 0 aliphatic rings. The quantitative estimate of drug-likeness (QED) is 0.0484. The molecule has 0 aromatic rings. The van der Waals surface area contributed by atoms with E-state index >= 15 is 0 Å². The smallest absolute Gasteiger partial charge is 0.0973 e. The molecule has 0 aromatic carbocycles. The zero-order valence-electron chi connectivity index (χ0n) is 33.2. The monoisotopic (exact) mass is 682 g/mol. The van der Waals surface area contributed by atoms with Gasteiger partial charge in [0.2, 0.25) is 0 Å². The molecule has 0 heterocycles. The second-order valence-electron chi connectivity index (χ2n) is 15.6. The van der Waals surface area contributed by atoms with Gasteiger partial charge in [-0.05, 0) is 19.4 Å². The molecule has 0 bridgehead atoms. The highest BCUT2D eigenvalue weighted by Crippen LogP contribution is 2.17. The van der Waals surface area contributed by atoms with Crippen LogP contribution < -0.4 is 5.32 Å². The summed E-state index contributed by atoms with van der Waals surface area (Å²) in [4.78, 5) is 0. The highest BCUT2D eigenvalue weighted by Gasteiger charge is 2.24. The summed E-state index contributed by atoms with van der Waals surface area (Å²) in [5.41, 5.74) is 0. The first kappa shape index (κ1) is 47.8. The molecule has 0 aromatic heterocycles. The average molecular weight is 682 g/mol. The van der Waals surface area contributed by atoms with Crippen molar-refractivity contribution >= 4 is 0 Å². The predicted molar refractivity (Wildman–Crippen MR) is 213 cm³/mol. The molecule has 3 unspecified atom stereocenters. The molecule has 4 N–H and O–H groups in total. The maximum atomic E-state index is 10.6. The van der Waals surface area contributed by atoms with E-state index in [1.54, 1.807) is 0 Å². The molecule has 0 spiro atoms. The van der Waals surface area contributed by atoms with Crippen LogP contribution in [0, 0.1) is 0 Å². The number of unbranched alkanes of at least 4 members (excludes halogenated alkanes) is 34. The normalized spacial score (nSPS) is 13.7. The van der Waals surface area contributed by atoms with Gasteiger partial charge >= 0.3 is 0 Å². The van der Waals surface area contributed by atoms with Gasteiger partial charge in [0.25, 0.3) is 0 Å². The number of rotatable bonds is 42. The van der Waals surface area contributed by atoms with Crippen molar-refractivity contribution in [1.29, 1.82) is 0 Å². The minimum Gasteiger partial charge on any atom is -0.395 e. The Morgan fingerprint density at radius 2 is 0.604 bits per heavy atom. The first-order valence-corrected chi connectivity index (χ1v) is 22.4. The van der Waals surface area contributed by atoms with Gasteiger partial charge in [0, 0.05) is 0 Å². The summed E-state index contributed by atoms with van der Waals surface area (Å²) in [5.74, 6) is 0. The van der Waals surface area contributed by atoms with E-state index < -0.39 is 18.2 Å². The summed E-state index contributed by atoms with van der Waals surface area (Å²) in [5, 5.41) is 34.1. The van der Waals surface area contributed by atoms with E-state index in [4.69, 9.17) is 0 Å². The van der Waals surface area contributed by atoms with Crippen LogP contribution in [0.15, 0.2) is 0 Å². The zero-order chi connectivity index (χ0) is 35.0. The highest BCUT2D eigenvalue weighted by molar-refractivity contribution is 4.81. The second-order valence-corrected chi connectivity index (χ2v) is 15.6. The first-order valence-electron chi connectivity index (χ1n) is 22.4. The van der Waals surface area contributed by atoms with Gasteiger partial charge < -0.3 is 20.6 Å². The Kier molecular flexibility index (Phi) is 41.1. The Morgan fingerprint density at radius 3 is 0.875 bits per heavy atom. The van der Waals surface area contributed by atoms with Gasteiger partial charge in [-0.2, -0.15) is 0 Å². The molecule has 0 saturated carbocycles. The van der Waals surface area contributed by atoms with Crippen molar-refractivity contribution in [1.82, 2.24) is 5.32 Å². The van der Waals surface area contributed by atoms with Crippen LogP contribution in [0.4, 0.5) is 0 Å². The van der Waals surface area contributed by atoms with E-state index in [2.05, 4.69) is 19.2 Å². The standard InChI is InChI=1S/C44H91NO3/c1-3-5-7-9-11-13-15-17-18-19-20-21-22-23-24-25-26-27-28-30-32-34-36-38-40-45-42(41-46)44(48)43(47)39-37-35-33-31-29-16-14-12-10-8-6-4-2/h42-48H,3-41H2,1-2H3. The van der Waals surface area contributed by atoms with Crippen LogP contribution in [0.25, 0.3) is 0 Å². The fourth-order valence-corrected chi connectivity index (χ4v) is 7.30. The van der Waals surface area contributed by atoms with Gasteiger partial charge in [0.05, 0.1) is 24.9 Å². The lowest BCUT2D eigenvalue weighted by molar-refractivity contribution is -0.0210. The Labute approximate surface area is 302 Å². The summed E-state index contributed by atoms with van der Waals surface area (Å²) in [6.07, 6.45) is 48.1. The van der Waals surface area contributed by atoms with E-state index in [0.717, 1.165) is 25.8 Å². The average Bonchev–Trinajstić information content (AvgIpc) is 3.10. The van der Waals surface area contributed by atoms with E-state index in [1.807, 2.05) is 0 Å². The molecular weight excluding hydrogens is 590 g/mol. The lowest BCUT2D eigenvalue weighted by Gasteiger charge is -2.26. The van der Waals surface area contributed by atoms with Gasteiger partial charge in [-0.15, -0.1) is 0 Å².